The third kappa shape index (κ3) is 3.56. The zero-order valence-corrected chi connectivity index (χ0v) is 11.9. The lowest BCUT2D eigenvalue weighted by molar-refractivity contribution is 0.175. The molecule has 0 aliphatic carbocycles. The van der Waals surface area contributed by atoms with Gasteiger partial charge in [-0.1, -0.05) is 0 Å². The van der Waals surface area contributed by atoms with E-state index in [1.165, 1.54) is 0 Å². The van der Waals surface area contributed by atoms with Crippen LogP contribution in [0, 0.1) is 5.92 Å². The fourth-order valence-electron chi connectivity index (χ4n) is 2.23. The second kappa shape index (κ2) is 5.41. The number of imidazole rings is 1. The van der Waals surface area contributed by atoms with Gasteiger partial charge in [-0.2, -0.15) is 0 Å². The molecular weight excluding hydrogens is 226 g/mol. The maximum atomic E-state index is 5.45. The highest BCUT2D eigenvalue weighted by molar-refractivity contribution is 4.99. The van der Waals surface area contributed by atoms with Crippen molar-refractivity contribution < 1.29 is 4.74 Å². The minimum Gasteiger partial charge on any atom is -0.381 e. The van der Waals surface area contributed by atoms with Gasteiger partial charge in [0.25, 0.3) is 0 Å². The van der Waals surface area contributed by atoms with Crippen LogP contribution in [-0.4, -0.2) is 28.3 Å². The number of ether oxygens (including phenoxy) is 1. The maximum absolute atomic E-state index is 5.45. The van der Waals surface area contributed by atoms with E-state index in [-0.39, 0.29) is 5.54 Å². The van der Waals surface area contributed by atoms with Gasteiger partial charge in [0.2, 0.25) is 0 Å². The van der Waals surface area contributed by atoms with Crippen LogP contribution >= 0.6 is 0 Å². The third-order valence-corrected chi connectivity index (χ3v) is 3.57. The molecule has 0 saturated carbocycles. The summed E-state index contributed by atoms with van der Waals surface area (Å²) in [6.45, 7) is 11.4. The quantitative estimate of drug-likeness (QED) is 0.893. The van der Waals surface area contributed by atoms with Crippen molar-refractivity contribution in [3.63, 3.8) is 0 Å². The highest BCUT2D eigenvalue weighted by atomic mass is 16.5. The Morgan fingerprint density at radius 1 is 1.56 bits per heavy atom. The summed E-state index contributed by atoms with van der Waals surface area (Å²) >= 11 is 0. The molecule has 2 rings (SSSR count). The third-order valence-electron chi connectivity index (χ3n) is 3.57. The van der Waals surface area contributed by atoms with Crippen LogP contribution in [0.15, 0.2) is 12.5 Å². The van der Waals surface area contributed by atoms with Crippen LogP contribution in [0.4, 0.5) is 0 Å². The van der Waals surface area contributed by atoms with E-state index in [1.807, 2.05) is 6.33 Å². The molecular formula is C14H25N3O. The van der Waals surface area contributed by atoms with Gasteiger partial charge in [0.1, 0.15) is 0 Å². The Balaban J connectivity index is 1.92. The van der Waals surface area contributed by atoms with Crippen molar-refractivity contribution in [3.05, 3.63) is 18.2 Å². The molecule has 1 aromatic heterocycles. The van der Waals surface area contributed by atoms with Gasteiger partial charge in [-0.05, 0) is 34.1 Å². The zero-order chi connectivity index (χ0) is 13.2. The van der Waals surface area contributed by atoms with E-state index in [2.05, 4.69) is 48.8 Å². The molecule has 18 heavy (non-hydrogen) atoms. The normalized spacial score (nSPS) is 22.3. The molecule has 0 amide bonds. The number of aromatic nitrogens is 2. The van der Waals surface area contributed by atoms with Crippen molar-refractivity contribution in [1.82, 2.24) is 14.9 Å². The van der Waals surface area contributed by atoms with Crippen LogP contribution in [0.3, 0.4) is 0 Å². The van der Waals surface area contributed by atoms with E-state index < -0.39 is 0 Å². The first-order chi connectivity index (χ1) is 8.46. The standard InChI is InChI=1S/C14H25N3O/c1-11(12-5-6-18-9-12)17-8-13(15-10-17)7-16-14(2,3)4/h8,10-12,16H,5-7,9H2,1-4H3. The molecule has 102 valence electrons. The largest absolute Gasteiger partial charge is 0.381 e. The monoisotopic (exact) mass is 251 g/mol. The highest BCUT2D eigenvalue weighted by Gasteiger charge is 2.23. The van der Waals surface area contributed by atoms with Gasteiger partial charge in [-0.25, -0.2) is 4.98 Å². The number of nitrogens with one attached hydrogen (secondary N) is 1. The fraction of sp³-hybridized carbons (Fsp3) is 0.786. The molecule has 4 nitrogen and oxygen atoms in total. The van der Waals surface area contributed by atoms with Gasteiger partial charge >= 0.3 is 0 Å². The topological polar surface area (TPSA) is 39.1 Å². The summed E-state index contributed by atoms with van der Waals surface area (Å²) in [5, 5.41) is 3.46. The van der Waals surface area contributed by atoms with Crippen LogP contribution in [0.2, 0.25) is 0 Å². The SMILES string of the molecule is CC(C1CCOC1)n1cnc(CNC(C)(C)C)c1. The number of rotatable bonds is 4. The van der Waals surface area contributed by atoms with Gasteiger partial charge < -0.3 is 14.6 Å². The Morgan fingerprint density at radius 3 is 2.94 bits per heavy atom. The van der Waals surface area contributed by atoms with Crippen LogP contribution in [-0.2, 0) is 11.3 Å². The average molecular weight is 251 g/mol. The Bertz CT molecular complexity index is 375. The summed E-state index contributed by atoms with van der Waals surface area (Å²) in [6.07, 6.45) is 5.26. The Labute approximate surface area is 110 Å². The summed E-state index contributed by atoms with van der Waals surface area (Å²) in [6, 6.07) is 0.475. The molecule has 1 saturated heterocycles. The predicted octanol–water partition coefficient (Wildman–Crippen LogP) is 2.37. The summed E-state index contributed by atoms with van der Waals surface area (Å²) in [7, 11) is 0. The molecule has 0 aromatic carbocycles. The van der Waals surface area contributed by atoms with E-state index in [0.29, 0.717) is 12.0 Å². The van der Waals surface area contributed by atoms with E-state index in [0.717, 1.165) is 31.9 Å². The summed E-state index contributed by atoms with van der Waals surface area (Å²) < 4.78 is 7.67. The van der Waals surface area contributed by atoms with Crippen LogP contribution in [0.5, 0.6) is 0 Å². The molecule has 2 heterocycles. The number of nitrogens with zero attached hydrogens (tertiary/aromatic N) is 2. The second-order valence-electron chi connectivity index (χ2n) is 6.28. The first-order valence-electron chi connectivity index (χ1n) is 6.81. The van der Waals surface area contributed by atoms with Crippen molar-refractivity contribution in [2.75, 3.05) is 13.2 Å². The van der Waals surface area contributed by atoms with Crippen molar-refractivity contribution in [1.29, 1.82) is 0 Å². The average Bonchev–Trinajstić information content (AvgIpc) is 2.96. The smallest absolute Gasteiger partial charge is 0.0952 e. The van der Waals surface area contributed by atoms with Crippen LogP contribution in [0.1, 0.15) is 45.9 Å². The molecule has 1 N–H and O–H groups in total. The highest BCUT2D eigenvalue weighted by Crippen LogP contribution is 2.25. The van der Waals surface area contributed by atoms with Crippen LogP contribution < -0.4 is 5.32 Å². The predicted molar refractivity (Wildman–Crippen MR) is 72.5 cm³/mol. The first kappa shape index (κ1) is 13.6. The molecule has 2 atom stereocenters. The number of hydrogen-bond donors (Lipinski definition) is 1. The molecule has 0 bridgehead atoms. The van der Waals surface area contributed by atoms with Gasteiger partial charge in [-0.3, -0.25) is 0 Å². The minimum atomic E-state index is 0.134. The molecule has 0 spiro atoms. The van der Waals surface area contributed by atoms with E-state index in [1.54, 1.807) is 0 Å². The lowest BCUT2D eigenvalue weighted by Crippen LogP contribution is -2.35. The maximum Gasteiger partial charge on any atom is 0.0952 e. The minimum absolute atomic E-state index is 0.134. The number of hydrogen-bond acceptors (Lipinski definition) is 3. The lowest BCUT2D eigenvalue weighted by Gasteiger charge is -2.20. The zero-order valence-electron chi connectivity index (χ0n) is 11.9. The van der Waals surface area contributed by atoms with Gasteiger partial charge in [0.15, 0.2) is 0 Å². The van der Waals surface area contributed by atoms with Gasteiger partial charge in [0.05, 0.1) is 18.6 Å². The van der Waals surface area contributed by atoms with E-state index in [4.69, 9.17) is 4.74 Å². The Hall–Kier alpha value is -0.870. The Morgan fingerprint density at radius 2 is 2.33 bits per heavy atom. The van der Waals surface area contributed by atoms with E-state index in [9.17, 15) is 0 Å². The lowest BCUT2D eigenvalue weighted by atomic mass is 10.0. The van der Waals surface area contributed by atoms with Crippen molar-refractivity contribution in [2.45, 2.75) is 52.2 Å². The molecule has 1 aromatic rings. The molecule has 2 unspecified atom stereocenters. The summed E-state index contributed by atoms with van der Waals surface area (Å²) in [5.74, 6) is 0.627. The van der Waals surface area contributed by atoms with Crippen LogP contribution in [0.25, 0.3) is 0 Å². The molecule has 1 aliphatic rings. The van der Waals surface area contributed by atoms with Gasteiger partial charge in [-0.15, -0.1) is 0 Å². The summed E-state index contributed by atoms with van der Waals surface area (Å²) in [4.78, 5) is 4.47. The molecule has 1 fully saturated rings. The molecule has 0 radical (unpaired) electrons. The molecule has 1 aliphatic heterocycles. The Kier molecular flexibility index (Phi) is 4.07. The van der Waals surface area contributed by atoms with Crippen molar-refractivity contribution in [3.8, 4) is 0 Å². The second-order valence-corrected chi connectivity index (χ2v) is 6.28. The van der Waals surface area contributed by atoms with Crippen molar-refractivity contribution in [2.24, 2.45) is 5.92 Å². The summed E-state index contributed by atoms with van der Waals surface area (Å²) in [5.41, 5.74) is 1.24. The first-order valence-corrected chi connectivity index (χ1v) is 6.81. The van der Waals surface area contributed by atoms with Gasteiger partial charge in [0, 0.05) is 36.8 Å². The van der Waals surface area contributed by atoms with E-state index >= 15 is 0 Å². The fourth-order valence-corrected chi connectivity index (χ4v) is 2.23. The molecule has 4 heteroatoms. The van der Waals surface area contributed by atoms with Crippen molar-refractivity contribution >= 4 is 0 Å².